The van der Waals surface area contributed by atoms with Crippen LogP contribution in [0.25, 0.3) is 0 Å². The normalized spacial score (nSPS) is 31.2. The van der Waals surface area contributed by atoms with Gasteiger partial charge >= 0.3 is 6.09 Å². The van der Waals surface area contributed by atoms with Crippen LogP contribution >= 0.6 is 0 Å². The van der Waals surface area contributed by atoms with Crippen LogP contribution in [-0.2, 0) is 9.47 Å². The number of rotatable bonds is 7. The molecule has 0 N–H and O–H groups in total. The number of aromatic nitrogens is 2. The summed E-state index contributed by atoms with van der Waals surface area (Å²) in [6.45, 7) is 15.1. The largest absolute Gasteiger partial charge is 0.442 e. The van der Waals surface area contributed by atoms with Gasteiger partial charge in [0.25, 0.3) is 5.91 Å². The second kappa shape index (κ2) is 10.9. The smallest absolute Gasteiger partial charge is 0.410 e. The van der Waals surface area contributed by atoms with E-state index >= 15 is 0 Å². The highest BCUT2D eigenvalue weighted by molar-refractivity contribution is 5.96. The van der Waals surface area contributed by atoms with Crippen molar-refractivity contribution in [3.63, 3.8) is 0 Å². The number of piperidine rings is 2. The van der Waals surface area contributed by atoms with Crippen LogP contribution in [0.15, 0.2) is 6.33 Å². The molecule has 6 rings (SSSR count). The number of nitrogens with zero attached hydrogens (tertiary/aromatic N) is 5. The number of ether oxygens (including phenoxy) is 2. The van der Waals surface area contributed by atoms with Crippen LogP contribution in [0.5, 0.6) is 0 Å². The third-order valence-electron chi connectivity index (χ3n) is 11.1. The molecule has 1 aromatic rings. The molecular formula is C31H47N5O4. The standard InChI is InChI=1S/C31H47N5O4/c1-5-6-7-23-16-35(17-24-25-18-39-19-26(24)25)29(38)40-31(23)10-14-36(15-11-31)30(4)8-12-34(13-9-30)28(37)27-21(2)32-20-33-22(27)3/h20,23-26H,5-19H2,1-4H3/t23-,24?,25-,26+/m0/s1. The molecular weight excluding hydrogens is 506 g/mol. The number of likely N-dealkylation sites (tertiary alicyclic amines) is 2. The van der Waals surface area contributed by atoms with Gasteiger partial charge in [-0.25, -0.2) is 14.8 Å². The number of hydrogen-bond donors (Lipinski definition) is 0. The van der Waals surface area contributed by atoms with Crippen molar-refractivity contribution in [2.24, 2.45) is 23.7 Å². The molecule has 0 aromatic carbocycles. The number of carbonyl (C=O) groups excluding carboxylic acids is 2. The van der Waals surface area contributed by atoms with Gasteiger partial charge in [0.1, 0.15) is 11.9 Å². The molecule has 4 atom stereocenters. The fraction of sp³-hybridized carbons (Fsp3) is 0.806. The van der Waals surface area contributed by atoms with E-state index in [1.54, 1.807) is 0 Å². The van der Waals surface area contributed by atoms with Crippen molar-refractivity contribution in [1.82, 2.24) is 24.7 Å². The molecule has 5 fully saturated rings. The first-order valence-corrected chi connectivity index (χ1v) is 15.6. The number of amides is 2. The van der Waals surface area contributed by atoms with Gasteiger partial charge in [-0.3, -0.25) is 9.69 Å². The van der Waals surface area contributed by atoms with Gasteiger partial charge in [-0.05, 0) is 57.8 Å². The lowest BCUT2D eigenvalue weighted by atomic mass is 9.74. The summed E-state index contributed by atoms with van der Waals surface area (Å²) in [7, 11) is 0. The first-order valence-electron chi connectivity index (χ1n) is 15.6. The van der Waals surface area contributed by atoms with Crippen molar-refractivity contribution < 1.29 is 19.1 Å². The lowest BCUT2D eigenvalue weighted by Crippen LogP contribution is -2.63. The van der Waals surface area contributed by atoms with Crippen LogP contribution in [0.2, 0.25) is 0 Å². The van der Waals surface area contributed by atoms with Gasteiger partial charge in [-0.1, -0.05) is 19.8 Å². The lowest BCUT2D eigenvalue weighted by Gasteiger charge is -2.55. The highest BCUT2D eigenvalue weighted by Gasteiger charge is 2.57. The fourth-order valence-corrected chi connectivity index (χ4v) is 8.17. The van der Waals surface area contributed by atoms with Crippen molar-refractivity contribution in [2.45, 2.75) is 83.8 Å². The van der Waals surface area contributed by atoms with Gasteiger partial charge in [0.05, 0.1) is 30.2 Å². The minimum Gasteiger partial charge on any atom is -0.442 e. The Hall–Kier alpha value is -2.26. The summed E-state index contributed by atoms with van der Waals surface area (Å²) < 4.78 is 12.0. The Morgan fingerprint density at radius 2 is 1.68 bits per heavy atom. The number of hydrogen-bond acceptors (Lipinski definition) is 7. The number of aryl methyl sites for hydroxylation is 2. The number of fused-ring (bicyclic) bond motifs is 1. The molecule has 5 aliphatic rings. The predicted molar refractivity (Wildman–Crippen MR) is 151 cm³/mol. The molecule has 9 heteroatoms. The summed E-state index contributed by atoms with van der Waals surface area (Å²) in [6.07, 6.45) is 8.59. The second-order valence-corrected chi connectivity index (χ2v) is 13.4. The number of carbonyl (C=O) groups is 2. The topological polar surface area (TPSA) is 88.1 Å². The first-order chi connectivity index (χ1) is 19.2. The van der Waals surface area contributed by atoms with E-state index in [-0.39, 0.29) is 23.1 Å². The average Bonchev–Trinajstić information content (AvgIpc) is 3.34. The molecule has 9 nitrogen and oxygen atoms in total. The maximum absolute atomic E-state index is 13.3. The molecule has 4 saturated heterocycles. The van der Waals surface area contributed by atoms with Crippen molar-refractivity contribution in [2.75, 3.05) is 52.5 Å². The quantitative estimate of drug-likeness (QED) is 0.503. The summed E-state index contributed by atoms with van der Waals surface area (Å²) in [5.74, 6) is 2.35. The summed E-state index contributed by atoms with van der Waals surface area (Å²) in [5, 5.41) is 0. The zero-order chi connectivity index (χ0) is 28.1. The van der Waals surface area contributed by atoms with E-state index in [4.69, 9.17) is 9.47 Å². The Kier molecular flexibility index (Phi) is 7.57. The Labute approximate surface area is 239 Å². The van der Waals surface area contributed by atoms with E-state index in [1.807, 2.05) is 23.6 Å². The highest BCUT2D eigenvalue weighted by Crippen LogP contribution is 2.52. The zero-order valence-electron chi connectivity index (χ0n) is 24.9. The molecule has 5 heterocycles. The molecule has 1 spiro atoms. The Morgan fingerprint density at radius 3 is 2.30 bits per heavy atom. The summed E-state index contributed by atoms with van der Waals surface area (Å²) in [6, 6.07) is 0. The number of unbranched alkanes of at least 4 members (excludes halogenated alkanes) is 1. The maximum Gasteiger partial charge on any atom is 0.410 e. The Balaban J connectivity index is 1.07. The van der Waals surface area contributed by atoms with Crippen molar-refractivity contribution in [3.8, 4) is 0 Å². The van der Waals surface area contributed by atoms with Gasteiger partial charge in [-0.15, -0.1) is 0 Å². The van der Waals surface area contributed by atoms with E-state index in [2.05, 4.69) is 28.7 Å². The van der Waals surface area contributed by atoms with E-state index in [9.17, 15) is 9.59 Å². The van der Waals surface area contributed by atoms with Crippen LogP contribution in [-0.4, -0.2) is 100 Å². The van der Waals surface area contributed by atoms with Crippen LogP contribution in [0.1, 0.15) is 80.5 Å². The van der Waals surface area contributed by atoms with Gasteiger partial charge < -0.3 is 19.3 Å². The van der Waals surface area contributed by atoms with Gasteiger partial charge in [0.15, 0.2) is 0 Å². The minimum atomic E-state index is -0.336. The molecule has 4 aliphatic heterocycles. The SMILES string of the molecule is CCCC[C@H]1CN(CC2[C@H]3COC[C@@H]23)C(=O)OC12CCN(C1(C)CCN(C(=O)c3c(C)ncnc3C)CC1)CC2. The monoisotopic (exact) mass is 553 g/mol. The van der Waals surface area contributed by atoms with Gasteiger partial charge in [-0.2, -0.15) is 0 Å². The molecule has 1 unspecified atom stereocenters. The molecule has 1 saturated carbocycles. The second-order valence-electron chi connectivity index (χ2n) is 13.4. The van der Waals surface area contributed by atoms with Crippen LogP contribution in [0.3, 0.4) is 0 Å². The van der Waals surface area contributed by atoms with Crippen molar-refractivity contribution in [1.29, 1.82) is 0 Å². The van der Waals surface area contributed by atoms with Gasteiger partial charge in [0.2, 0.25) is 0 Å². The average molecular weight is 554 g/mol. The minimum absolute atomic E-state index is 0.0467. The third-order valence-corrected chi connectivity index (χ3v) is 11.1. The zero-order valence-corrected chi connectivity index (χ0v) is 24.9. The van der Waals surface area contributed by atoms with E-state index < -0.39 is 0 Å². The highest BCUT2D eigenvalue weighted by atomic mass is 16.6. The third kappa shape index (κ3) is 5.02. The van der Waals surface area contributed by atoms with Gasteiger partial charge in [0, 0.05) is 63.6 Å². The molecule has 0 bridgehead atoms. The van der Waals surface area contributed by atoms with E-state index in [0.717, 1.165) is 102 Å². The van der Waals surface area contributed by atoms with Crippen LogP contribution in [0.4, 0.5) is 4.79 Å². The molecule has 2 amide bonds. The van der Waals surface area contributed by atoms with E-state index in [1.165, 1.54) is 12.7 Å². The Morgan fingerprint density at radius 1 is 1.02 bits per heavy atom. The molecule has 0 radical (unpaired) electrons. The predicted octanol–water partition coefficient (Wildman–Crippen LogP) is 4.07. The molecule has 220 valence electrons. The molecule has 1 aliphatic carbocycles. The van der Waals surface area contributed by atoms with Crippen molar-refractivity contribution >= 4 is 12.0 Å². The summed E-state index contributed by atoms with van der Waals surface area (Å²) >= 11 is 0. The fourth-order valence-electron chi connectivity index (χ4n) is 8.17. The summed E-state index contributed by atoms with van der Waals surface area (Å²) in [5.41, 5.74) is 1.86. The van der Waals surface area contributed by atoms with E-state index in [0.29, 0.717) is 29.2 Å². The first kappa shape index (κ1) is 27.9. The van der Waals surface area contributed by atoms with Crippen molar-refractivity contribution in [3.05, 3.63) is 23.3 Å². The molecule has 1 aromatic heterocycles. The van der Waals surface area contributed by atoms with Crippen LogP contribution < -0.4 is 0 Å². The summed E-state index contributed by atoms with van der Waals surface area (Å²) in [4.78, 5) is 41.7. The lowest BCUT2D eigenvalue weighted by molar-refractivity contribution is -0.133. The maximum atomic E-state index is 13.3. The van der Waals surface area contributed by atoms with Crippen LogP contribution in [0, 0.1) is 37.5 Å². The molecule has 40 heavy (non-hydrogen) atoms. The Bertz CT molecular complexity index is 1080.